The van der Waals surface area contributed by atoms with E-state index in [9.17, 15) is 8.78 Å². The zero-order chi connectivity index (χ0) is 12.4. The van der Waals surface area contributed by atoms with E-state index in [0.717, 1.165) is 35.4 Å². The van der Waals surface area contributed by atoms with Crippen molar-refractivity contribution in [2.45, 2.75) is 22.6 Å². The Morgan fingerprint density at radius 3 is 2.53 bits per heavy atom. The van der Waals surface area contributed by atoms with Crippen LogP contribution in [0.5, 0.6) is 0 Å². The number of aromatic nitrogens is 2. The van der Waals surface area contributed by atoms with E-state index in [1.165, 1.54) is 0 Å². The standard InChI is InChI=1S/C10H9F2N3S2/c1-2-8-14-10(17-15-8)16-9-6(11)3-5(13)4-7(9)12/h3-4H,2,13H2,1H3. The van der Waals surface area contributed by atoms with Gasteiger partial charge < -0.3 is 5.73 Å². The first-order valence-corrected chi connectivity index (χ1v) is 6.44. The third kappa shape index (κ3) is 2.73. The van der Waals surface area contributed by atoms with Gasteiger partial charge in [-0.2, -0.15) is 4.37 Å². The average molecular weight is 273 g/mol. The largest absolute Gasteiger partial charge is 0.399 e. The van der Waals surface area contributed by atoms with E-state index in [0.29, 0.717) is 16.6 Å². The summed E-state index contributed by atoms with van der Waals surface area (Å²) in [6.07, 6.45) is 0.698. The average Bonchev–Trinajstić information content (AvgIpc) is 2.71. The lowest BCUT2D eigenvalue weighted by molar-refractivity contribution is 0.542. The molecule has 17 heavy (non-hydrogen) atoms. The number of benzene rings is 1. The molecule has 7 heteroatoms. The summed E-state index contributed by atoms with van der Waals surface area (Å²) in [5.74, 6) is -0.685. The summed E-state index contributed by atoms with van der Waals surface area (Å²) < 4.78 is 31.6. The van der Waals surface area contributed by atoms with Gasteiger partial charge in [0.2, 0.25) is 0 Å². The number of anilines is 1. The Morgan fingerprint density at radius 2 is 2.00 bits per heavy atom. The van der Waals surface area contributed by atoms with Crippen molar-refractivity contribution in [3.05, 3.63) is 29.6 Å². The van der Waals surface area contributed by atoms with Gasteiger partial charge in [0.05, 0.1) is 4.90 Å². The number of nitrogens with zero attached hydrogens (tertiary/aromatic N) is 2. The minimum Gasteiger partial charge on any atom is -0.399 e. The molecule has 0 saturated heterocycles. The summed E-state index contributed by atoms with van der Waals surface area (Å²) in [7, 11) is 0. The Balaban J connectivity index is 2.29. The molecular weight excluding hydrogens is 264 g/mol. The smallest absolute Gasteiger partial charge is 0.175 e. The number of aryl methyl sites for hydroxylation is 1. The third-order valence-electron chi connectivity index (χ3n) is 1.98. The molecule has 1 aromatic heterocycles. The van der Waals surface area contributed by atoms with Crippen LogP contribution in [-0.2, 0) is 6.42 Å². The second-order valence-corrected chi connectivity index (χ2v) is 5.26. The molecule has 0 spiro atoms. The van der Waals surface area contributed by atoms with Crippen molar-refractivity contribution in [2.75, 3.05) is 5.73 Å². The van der Waals surface area contributed by atoms with Gasteiger partial charge in [-0.3, -0.25) is 0 Å². The fourth-order valence-corrected chi connectivity index (χ4v) is 2.84. The molecule has 0 atom stereocenters. The lowest BCUT2D eigenvalue weighted by atomic mass is 10.3. The van der Waals surface area contributed by atoms with Crippen LogP contribution in [-0.4, -0.2) is 9.36 Å². The van der Waals surface area contributed by atoms with Crippen LogP contribution in [0.4, 0.5) is 14.5 Å². The minimum absolute atomic E-state index is 0.0656. The number of nitrogen functional groups attached to an aromatic ring is 1. The normalized spacial score (nSPS) is 10.8. The first kappa shape index (κ1) is 12.3. The van der Waals surface area contributed by atoms with Crippen LogP contribution in [0, 0.1) is 11.6 Å². The maximum Gasteiger partial charge on any atom is 0.175 e. The molecular formula is C10H9F2N3S2. The first-order chi connectivity index (χ1) is 8.10. The van der Waals surface area contributed by atoms with Crippen molar-refractivity contribution in [2.24, 2.45) is 0 Å². The van der Waals surface area contributed by atoms with E-state index in [4.69, 9.17) is 5.73 Å². The van der Waals surface area contributed by atoms with Gasteiger partial charge in [0, 0.05) is 12.1 Å². The first-order valence-electron chi connectivity index (χ1n) is 4.85. The number of rotatable bonds is 3. The molecule has 0 radical (unpaired) electrons. The number of hydrogen-bond donors (Lipinski definition) is 1. The topological polar surface area (TPSA) is 51.8 Å². The van der Waals surface area contributed by atoms with Gasteiger partial charge in [-0.1, -0.05) is 18.7 Å². The van der Waals surface area contributed by atoms with Crippen LogP contribution in [0.2, 0.25) is 0 Å². The van der Waals surface area contributed by atoms with Crippen LogP contribution < -0.4 is 5.73 Å². The van der Waals surface area contributed by atoms with Crippen molar-refractivity contribution in [1.82, 2.24) is 9.36 Å². The molecule has 2 aromatic rings. The van der Waals surface area contributed by atoms with Crippen molar-refractivity contribution >= 4 is 29.0 Å². The van der Waals surface area contributed by atoms with Gasteiger partial charge >= 0.3 is 0 Å². The zero-order valence-corrected chi connectivity index (χ0v) is 10.5. The van der Waals surface area contributed by atoms with E-state index in [-0.39, 0.29) is 10.6 Å². The molecule has 0 fully saturated rings. The van der Waals surface area contributed by atoms with Gasteiger partial charge in [-0.25, -0.2) is 13.8 Å². The quantitative estimate of drug-likeness (QED) is 0.873. The predicted octanol–water partition coefficient (Wildman–Crippen LogP) is 3.11. The molecule has 0 aliphatic heterocycles. The molecule has 90 valence electrons. The fourth-order valence-electron chi connectivity index (χ4n) is 1.19. The van der Waals surface area contributed by atoms with Crippen LogP contribution in [0.15, 0.2) is 21.4 Å². The number of nitrogens with two attached hydrogens (primary N) is 1. The summed E-state index contributed by atoms with van der Waals surface area (Å²) in [5.41, 5.74) is 5.40. The summed E-state index contributed by atoms with van der Waals surface area (Å²) in [5, 5.41) is 0. The fraction of sp³-hybridized carbons (Fsp3) is 0.200. The maximum absolute atomic E-state index is 13.5. The van der Waals surface area contributed by atoms with Gasteiger partial charge in [-0.15, -0.1) is 0 Å². The predicted molar refractivity (Wildman–Crippen MR) is 64.2 cm³/mol. The van der Waals surface area contributed by atoms with E-state index >= 15 is 0 Å². The van der Waals surface area contributed by atoms with Gasteiger partial charge in [-0.05, 0) is 23.7 Å². The molecule has 0 unspecified atom stereocenters. The number of halogens is 2. The van der Waals surface area contributed by atoms with Crippen LogP contribution in [0.1, 0.15) is 12.7 Å². The van der Waals surface area contributed by atoms with Crippen molar-refractivity contribution < 1.29 is 8.78 Å². The van der Waals surface area contributed by atoms with Crippen LogP contribution >= 0.6 is 23.3 Å². The highest BCUT2D eigenvalue weighted by atomic mass is 32.2. The second-order valence-electron chi connectivity index (χ2n) is 3.25. The minimum atomic E-state index is -0.680. The summed E-state index contributed by atoms with van der Waals surface area (Å²) in [6, 6.07) is 2.18. The highest BCUT2D eigenvalue weighted by molar-refractivity contribution is 8.01. The lowest BCUT2D eigenvalue weighted by Crippen LogP contribution is -1.93. The maximum atomic E-state index is 13.5. The molecule has 0 bridgehead atoms. The van der Waals surface area contributed by atoms with E-state index in [2.05, 4.69) is 9.36 Å². The van der Waals surface area contributed by atoms with Gasteiger partial charge in [0.25, 0.3) is 0 Å². The van der Waals surface area contributed by atoms with E-state index in [1.54, 1.807) is 0 Å². The Labute approximate surface area is 105 Å². The van der Waals surface area contributed by atoms with Crippen molar-refractivity contribution in [1.29, 1.82) is 0 Å². The molecule has 1 aromatic carbocycles. The van der Waals surface area contributed by atoms with Crippen LogP contribution in [0.25, 0.3) is 0 Å². The molecule has 0 aliphatic rings. The summed E-state index contributed by atoms with van der Waals surface area (Å²) in [6.45, 7) is 1.92. The molecule has 0 saturated carbocycles. The molecule has 2 N–H and O–H groups in total. The van der Waals surface area contributed by atoms with E-state index < -0.39 is 11.6 Å². The molecule has 1 heterocycles. The SMILES string of the molecule is CCc1nsc(Sc2c(F)cc(N)cc2F)n1. The Hall–Kier alpha value is -1.21. The Morgan fingerprint density at radius 1 is 1.35 bits per heavy atom. The molecule has 0 aliphatic carbocycles. The molecule has 2 rings (SSSR count). The van der Waals surface area contributed by atoms with Gasteiger partial charge in [0.1, 0.15) is 17.5 Å². The van der Waals surface area contributed by atoms with Crippen LogP contribution in [0.3, 0.4) is 0 Å². The molecule has 3 nitrogen and oxygen atoms in total. The summed E-state index contributed by atoms with van der Waals surface area (Å²) >= 11 is 2.05. The Bertz CT molecular complexity index is 519. The third-order valence-corrected chi connectivity index (χ3v) is 3.86. The van der Waals surface area contributed by atoms with Gasteiger partial charge in [0.15, 0.2) is 4.34 Å². The van der Waals surface area contributed by atoms with E-state index in [1.807, 2.05) is 6.92 Å². The monoisotopic (exact) mass is 273 g/mol. The highest BCUT2D eigenvalue weighted by Gasteiger charge is 2.14. The Kier molecular flexibility index (Phi) is 3.58. The molecule has 0 amide bonds. The summed E-state index contributed by atoms with van der Waals surface area (Å²) in [4.78, 5) is 4.04. The van der Waals surface area contributed by atoms with Crippen molar-refractivity contribution in [3.8, 4) is 0 Å². The van der Waals surface area contributed by atoms with Crippen molar-refractivity contribution in [3.63, 3.8) is 0 Å². The highest BCUT2D eigenvalue weighted by Crippen LogP contribution is 2.34. The second kappa shape index (κ2) is 4.97. The zero-order valence-electron chi connectivity index (χ0n) is 8.91. The number of hydrogen-bond acceptors (Lipinski definition) is 5. The lowest BCUT2D eigenvalue weighted by Gasteiger charge is -2.03.